The van der Waals surface area contributed by atoms with Gasteiger partial charge in [0.25, 0.3) is 5.56 Å². The molecule has 1 N–H and O–H groups in total. The van der Waals surface area contributed by atoms with Gasteiger partial charge in [-0.3, -0.25) is 14.8 Å². The van der Waals surface area contributed by atoms with Crippen LogP contribution in [-0.2, 0) is 24.8 Å². The van der Waals surface area contributed by atoms with Crippen molar-refractivity contribution in [2.24, 2.45) is 7.05 Å². The third kappa shape index (κ3) is 3.26. The summed E-state index contributed by atoms with van der Waals surface area (Å²) in [6, 6.07) is 3.67. The zero-order valence-corrected chi connectivity index (χ0v) is 13.0. The monoisotopic (exact) mass is 303 g/mol. The Kier molecular flexibility index (Phi) is 4.35. The summed E-state index contributed by atoms with van der Waals surface area (Å²) in [6.45, 7) is 4.99. The first-order chi connectivity index (χ1) is 10.7. The van der Waals surface area contributed by atoms with Crippen molar-refractivity contribution in [3.63, 3.8) is 0 Å². The molecule has 0 spiro atoms. The molecule has 3 heterocycles. The van der Waals surface area contributed by atoms with E-state index in [0.717, 1.165) is 37.4 Å². The zero-order chi connectivity index (χ0) is 15.5. The molecule has 1 aliphatic rings. The molecule has 0 aromatic carbocycles. The molecule has 1 unspecified atom stereocenters. The Morgan fingerprint density at radius 3 is 3.09 bits per heavy atom. The topological polar surface area (TPSA) is 76.0 Å². The highest BCUT2D eigenvalue weighted by Crippen LogP contribution is 2.20. The molecule has 2 aromatic rings. The maximum absolute atomic E-state index is 11.7. The molecular weight excluding hydrogens is 282 g/mol. The maximum atomic E-state index is 11.7. The number of rotatable bonds is 4. The van der Waals surface area contributed by atoms with Crippen LogP contribution in [0.3, 0.4) is 0 Å². The van der Waals surface area contributed by atoms with Gasteiger partial charge in [0.2, 0.25) is 0 Å². The molecule has 1 atom stereocenters. The van der Waals surface area contributed by atoms with E-state index in [1.165, 1.54) is 0 Å². The first-order valence-electron chi connectivity index (χ1n) is 7.56. The van der Waals surface area contributed by atoms with Gasteiger partial charge in [-0.25, -0.2) is 4.98 Å². The van der Waals surface area contributed by atoms with Crippen LogP contribution in [0.4, 0.5) is 0 Å². The van der Waals surface area contributed by atoms with Crippen molar-refractivity contribution in [3.8, 4) is 0 Å². The van der Waals surface area contributed by atoms with Crippen LogP contribution in [0.1, 0.15) is 30.2 Å². The SMILES string of the molecule is CCc1nc(C2CN(Cc3ccn(C)c(=O)c3)CCO2)n[nH]1. The van der Waals surface area contributed by atoms with Crippen molar-refractivity contribution >= 4 is 0 Å². The quantitative estimate of drug-likeness (QED) is 0.897. The highest BCUT2D eigenvalue weighted by molar-refractivity contribution is 5.11. The predicted octanol–water partition coefficient (Wildman–Crippen LogP) is 0.639. The summed E-state index contributed by atoms with van der Waals surface area (Å²) < 4.78 is 7.36. The van der Waals surface area contributed by atoms with Crippen LogP contribution in [0.5, 0.6) is 0 Å². The molecule has 0 aliphatic carbocycles. The molecule has 1 saturated heterocycles. The Balaban J connectivity index is 1.67. The first-order valence-corrected chi connectivity index (χ1v) is 7.56. The molecule has 0 saturated carbocycles. The Bertz CT molecular complexity index is 693. The molecule has 1 aliphatic heterocycles. The molecule has 3 rings (SSSR count). The van der Waals surface area contributed by atoms with Crippen LogP contribution < -0.4 is 5.56 Å². The van der Waals surface area contributed by atoms with Crippen LogP contribution in [0.25, 0.3) is 0 Å². The second-order valence-electron chi connectivity index (χ2n) is 5.57. The standard InChI is InChI=1S/C15H21N5O2/c1-3-13-16-15(18-17-13)12-10-20(6-7-22-12)9-11-4-5-19(2)14(21)8-11/h4-5,8,12H,3,6-7,9-10H2,1-2H3,(H,16,17,18). The minimum absolute atomic E-state index is 0.0175. The van der Waals surface area contributed by atoms with E-state index in [-0.39, 0.29) is 11.7 Å². The largest absolute Gasteiger partial charge is 0.367 e. The van der Waals surface area contributed by atoms with Gasteiger partial charge < -0.3 is 9.30 Å². The van der Waals surface area contributed by atoms with Gasteiger partial charge in [0.05, 0.1) is 6.61 Å². The van der Waals surface area contributed by atoms with Gasteiger partial charge in [-0.05, 0) is 11.6 Å². The molecular formula is C15H21N5O2. The molecule has 0 bridgehead atoms. The summed E-state index contributed by atoms with van der Waals surface area (Å²) in [6.07, 6.45) is 2.52. The Hall–Kier alpha value is -1.99. The highest BCUT2D eigenvalue weighted by Gasteiger charge is 2.25. The Morgan fingerprint density at radius 1 is 1.50 bits per heavy atom. The fourth-order valence-corrected chi connectivity index (χ4v) is 2.56. The van der Waals surface area contributed by atoms with Crippen molar-refractivity contribution in [2.45, 2.75) is 26.0 Å². The second-order valence-corrected chi connectivity index (χ2v) is 5.57. The van der Waals surface area contributed by atoms with Crippen LogP contribution in [-0.4, -0.2) is 44.3 Å². The van der Waals surface area contributed by atoms with Crippen molar-refractivity contribution in [1.29, 1.82) is 0 Å². The third-order valence-corrected chi connectivity index (χ3v) is 3.90. The predicted molar refractivity (Wildman–Crippen MR) is 81.4 cm³/mol. The number of nitrogens with one attached hydrogen (secondary N) is 1. The summed E-state index contributed by atoms with van der Waals surface area (Å²) in [5, 5.41) is 7.16. The number of ether oxygens (including phenoxy) is 1. The smallest absolute Gasteiger partial charge is 0.250 e. The number of aryl methyl sites for hydroxylation is 2. The average molecular weight is 303 g/mol. The average Bonchev–Trinajstić information content (AvgIpc) is 3.00. The molecule has 118 valence electrons. The summed E-state index contributed by atoms with van der Waals surface area (Å²) in [7, 11) is 1.76. The lowest BCUT2D eigenvalue weighted by atomic mass is 10.2. The minimum atomic E-state index is -0.114. The van der Waals surface area contributed by atoms with Gasteiger partial charge in [0, 0.05) is 45.4 Å². The molecule has 0 radical (unpaired) electrons. The van der Waals surface area contributed by atoms with Crippen LogP contribution in [0.15, 0.2) is 23.1 Å². The summed E-state index contributed by atoms with van der Waals surface area (Å²) in [4.78, 5) is 18.4. The summed E-state index contributed by atoms with van der Waals surface area (Å²) in [5.74, 6) is 1.59. The number of H-pyrrole nitrogens is 1. The molecule has 0 amide bonds. The fraction of sp³-hybridized carbons (Fsp3) is 0.533. The van der Waals surface area contributed by atoms with Gasteiger partial charge in [0.1, 0.15) is 11.9 Å². The van der Waals surface area contributed by atoms with E-state index in [4.69, 9.17) is 4.74 Å². The minimum Gasteiger partial charge on any atom is -0.367 e. The number of aromatic amines is 1. The van der Waals surface area contributed by atoms with Crippen molar-refractivity contribution < 1.29 is 4.74 Å². The number of hydrogen-bond donors (Lipinski definition) is 1. The van der Waals surface area contributed by atoms with E-state index in [9.17, 15) is 4.79 Å². The van der Waals surface area contributed by atoms with E-state index >= 15 is 0 Å². The van der Waals surface area contributed by atoms with E-state index in [0.29, 0.717) is 12.4 Å². The summed E-state index contributed by atoms with van der Waals surface area (Å²) in [5.41, 5.74) is 1.04. The van der Waals surface area contributed by atoms with Gasteiger partial charge in [0.15, 0.2) is 5.82 Å². The lowest BCUT2D eigenvalue weighted by Gasteiger charge is -2.31. The Morgan fingerprint density at radius 2 is 2.36 bits per heavy atom. The number of nitrogens with zero attached hydrogens (tertiary/aromatic N) is 4. The van der Waals surface area contributed by atoms with Gasteiger partial charge in [-0.2, -0.15) is 5.10 Å². The molecule has 7 heteroatoms. The van der Waals surface area contributed by atoms with Crippen molar-refractivity contribution in [3.05, 3.63) is 45.9 Å². The lowest BCUT2D eigenvalue weighted by molar-refractivity contribution is -0.0371. The van der Waals surface area contributed by atoms with Crippen LogP contribution in [0, 0.1) is 0 Å². The van der Waals surface area contributed by atoms with Crippen LogP contribution in [0.2, 0.25) is 0 Å². The van der Waals surface area contributed by atoms with Crippen molar-refractivity contribution in [2.75, 3.05) is 19.7 Å². The number of pyridine rings is 1. The van der Waals surface area contributed by atoms with Gasteiger partial charge in [-0.1, -0.05) is 6.92 Å². The van der Waals surface area contributed by atoms with Crippen molar-refractivity contribution in [1.82, 2.24) is 24.6 Å². The number of hydrogen-bond acceptors (Lipinski definition) is 5. The molecule has 1 fully saturated rings. The molecule has 7 nitrogen and oxygen atoms in total. The normalized spacial score (nSPS) is 19.5. The first kappa shape index (κ1) is 14.9. The Labute approximate surface area is 128 Å². The van der Waals surface area contributed by atoms with E-state index in [1.54, 1.807) is 23.9 Å². The lowest BCUT2D eigenvalue weighted by Crippen LogP contribution is -2.38. The number of morpholine rings is 1. The van der Waals surface area contributed by atoms with Crippen LogP contribution >= 0.6 is 0 Å². The highest BCUT2D eigenvalue weighted by atomic mass is 16.5. The summed E-state index contributed by atoms with van der Waals surface area (Å²) >= 11 is 0. The van der Waals surface area contributed by atoms with Gasteiger partial charge >= 0.3 is 0 Å². The second kappa shape index (κ2) is 6.41. The molecule has 2 aromatic heterocycles. The fourth-order valence-electron chi connectivity index (χ4n) is 2.56. The molecule has 22 heavy (non-hydrogen) atoms. The zero-order valence-electron chi connectivity index (χ0n) is 13.0. The maximum Gasteiger partial charge on any atom is 0.250 e. The number of aromatic nitrogens is 4. The van der Waals surface area contributed by atoms with E-state index in [2.05, 4.69) is 20.1 Å². The van der Waals surface area contributed by atoms with E-state index in [1.807, 2.05) is 13.0 Å². The third-order valence-electron chi connectivity index (χ3n) is 3.90. The van der Waals surface area contributed by atoms with E-state index < -0.39 is 0 Å². The van der Waals surface area contributed by atoms with Gasteiger partial charge in [-0.15, -0.1) is 0 Å².